The van der Waals surface area contributed by atoms with Crippen molar-refractivity contribution in [3.63, 3.8) is 0 Å². The summed E-state index contributed by atoms with van der Waals surface area (Å²) in [6.07, 6.45) is 2.92. The molecule has 1 atom stereocenters. The Labute approximate surface area is 202 Å². The van der Waals surface area contributed by atoms with E-state index in [4.69, 9.17) is 19.9 Å². The van der Waals surface area contributed by atoms with E-state index in [9.17, 15) is 10.1 Å². The Morgan fingerprint density at radius 2 is 1.79 bits per heavy atom. The molecule has 0 aliphatic carbocycles. The quantitative estimate of drug-likeness (QED) is 0.270. The molecular weight excluding hydrogens is 448 g/mol. The number of carbonyl (C=O) groups excluding carboxylic acids is 1. The first kappa shape index (κ1) is 23.3. The van der Waals surface area contributed by atoms with Gasteiger partial charge in [0.1, 0.15) is 28.9 Å². The number of hydrogen-bond donors (Lipinski definition) is 1. The van der Waals surface area contributed by atoms with Crippen LogP contribution in [0.25, 0.3) is 0 Å². The van der Waals surface area contributed by atoms with Crippen LogP contribution in [0.3, 0.4) is 0 Å². The van der Waals surface area contributed by atoms with Crippen LogP contribution >= 0.6 is 11.8 Å². The lowest BCUT2D eigenvalue weighted by molar-refractivity contribution is 0.0734. The highest BCUT2D eigenvalue weighted by Crippen LogP contribution is 2.43. The van der Waals surface area contributed by atoms with Gasteiger partial charge in [-0.2, -0.15) is 5.26 Å². The van der Waals surface area contributed by atoms with Gasteiger partial charge in [0.15, 0.2) is 0 Å². The molecule has 6 nitrogen and oxygen atoms in total. The minimum atomic E-state index is -0.497. The first-order valence-corrected chi connectivity index (χ1v) is 12.1. The third-order valence-electron chi connectivity index (χ3n) is 5.41. The number of allylic oxidation sites excluding steroid dienone is 1. The molecular formula is C27H24N2O4S. The van der Waals surface area contributed by atoms with Crippen molar-refractivity contribution in [3.05, 3.63) is 94.9 Å². The lowest BCUT2D eigenvalue weighted by atomic mass is 9.83. The first-order valence-electron chi connectivity index (χ1n) is 10.8. The molecule has 1 aliphatic heterocycles. The standard InChI is InChI=1S/C27H24N2O4S/c1-3-14-31-19-8-4-18(5-9-19)27(30)32-20-10-13-22-24(15-20)33-26(29)23(16-28)25(22)17-6-11-21(34-2)12-7-17/h4-13,15,25H,3,14,29H2,1-2H3. The normalized spacial score (nSPS) is 14.6. The largest absolute Gasteiger partial charge is 0.494 e. The Kier molecular flexibility index (Phi) is 7.09. The van der Waals surface area contributed by atoms with Crippen LogP contribution in [0.4, 0.5) is 0 Å². The third kappa shape index (κ3) is 4.87. The Morgan fingerprint density at radius 3 is 2.44 bits per heavy atom. The predicted molar refractivity (Wildman–Crippen MR) is 131 cm³/mol. The van der Waals surface area contributed by atoms with Crippen molar-refractivity contribution >= 4 is 17.7 Å². The van der Waals surface area contributed by atoms with Crippen LogP contribution < -0.4 is 19.9 Å². The van der Waals surface area contributed by atoms with Crippen molar-refractivity contribution in [2.24, 2.45) is 5.73 Å². The Balaban J connectivity index is 1.58. The van der Waals surface area contributed by atoms with E-state index in [-0.39, 0.29) is 11.8 Å². The van der Waals surface area contributed by atoms with E-state index in [1.165, 1.54) is 0 Å². The summed E-state index contributed by atoms with van der Waals surface area (Å²) in [5, 5.41) is 9.74. The zero-order valence-electron chi connectivity index (χ0n) is 18.9. The molecule has 1 heterocycles. The number of hydrogen-bond acceptors (Lipinski definition) is 7. The molecule has 3 aromatic rings. The zero-order chi connectivity index (χ0) is 24.1. The summed E-state index contributed by atoms with van der Waals surface area (Å²) < 4.78 is 16.8. The number of nitrogens with zero attached hydrogens (tertiary/aromatic N) is 1. The molecule has 0 fully saturated rings. The molecule has 7 heteroatoms. The minimum absolute atomic E-state index is 0.0417. The number of rotatable bonds is 7. The fourth-order valence-electron chi connectivity index (χ4n) is 3.71. The van der Waals surface area contributed by atoms with Gasteiger partial charge in [-0.15, -0.1) is 11.8 Å². The highest BCUT2D eigenvalue weighted by atomic mass is 32.2. The molecule has 0 saturated carbocycles. The second-order valence-electron chi connectivity index (χ2n) is 7.66. The molecule has 34 heavy (non-hydrogen) atoms. The summed E-state index contributed by atoms with van der Waals surface area (Å²) in [6.45, 7) is 2.65. The average molecular weight is 473 g/mol. The SMILES string of the molecule is CCCOc1ccc(C(=O)Oc2ccc3c(c2)OC(N)=C(C#N)C3c2ccc(SC)cc2)cc1. The second kappa shape index (κ2) is 10.4. The second-order valence-corrected chi connectivity index (χ2v) is 8.54. The zero-order valence-corrected chi connectivity index (χ0v) is 19.7. The average Bonchev–Trinajstić information content (AvgIpc) is 2.87. The lowest BCUT2D eigenvalue weighted by Crippen LogP contribution is -2.21. The maximum Gasteiger partial charge on any atom is 0.343 e. The summed E-state index contributed by atoms with van der Waals surface area (Å²) in [5.41, 5.74) is 8.55. The number of carbonyl (C=O) groups is 1. The van der Waals surface area contributed by atoms with Crippen molar-refractivity contribution in [2.75, 3.05) is 12.9 Å². The van der Waals surface area contributed by atoms with E-state index in [0.717, 1.165) is 22.4 Å². The van der Waals surface area contributed by atoms with Crippen molar-refractivity contribution in [1.29, 1.82) is 5.26 Å². The topological polar surface area (TPSA) is 94.6 Å². The molecule has 1 aliphatic rings. The summed E-state index contributed by atoms with van der Waals surface area (Å²) >= 11 is 1.64. The van der Waals surface area contributed by atoms with Gasteiger partial charge in [0.05, 0.1) is 18.1 Å². The van der Waals surface area contributed by atoms with Crippen LogP contribution in [0, 0.1) is 11.3 Å². The summed E-state index contributed by atoms with van der Waals surface area (Å²) in [7, 11) is 0. The Morgan fingerprint density at radius 1 is 1.09 bits per heavy atom. The third-order valence-corrected chi connectivity index (χ3v) is 6.16. The van der Waals surface area contributed by atoms with Crippen molar-refractivity contribution in [2.45, 2.75) is 24.2 Å². The van der Waals surface area contributed by atoms with E-state index in [0.29, 0.717) is 35.0 Å². The van der Waals surface area contributed by atoms with E-state index in [1.54, 1.807) is 54.2 Å². The number of thioether (sulfide) groups is 1. The molecule has 172 valence electrons. The molecule has 0 saturated heterocycles. The molecule has 3 aromatic carbocycles. The van der Waals surface area contributed by atoms with Gasteiger partial charge < -0.3 is 19.9 Å². The van der Waals surface area contributed by atoms with Crippen LogP contribution in [-0.2, 0) is 0 Å². The van der Waals surface area contributed by atoms with E-state index in [2.05, 4.69) is 6.07 Å². The number of nitrogens with two attached hydrogens (primary N) is 1. The van der Waals surface area contributed by atoms with Gasteiger partial charge in [-0.25, -0.2) is 4.79 Å². The van der Waals surface area contributed by atoms with Gasteiger partial charge >= 0.3 is 5.97 Å². The maximum absolute atomic E-state index is 12.6. The number of fused-ring (bicyclic) bond motifs is 1. The van der Waals surface area contributed by atoms with Crippen LogP contribution in [0.15, 0.2) is 83.1 Å². The monoisotopic (exact) mass is 472 g/mol. The van der Waals surface area contributed by atoms with E-state index in [1.807, 2.05) is 37.4 Å². The van der Waals surface area contributed by atoms with Crippen LogP contribution in [0.1, 0.15) is 40.7 Å². The summed E-state index contributed by atoms with van der Waals surface area (Å²) in [4.78, 5) is 13.8. The van der Waals surface area contributed by atoms with Crippen molar-refractivity contribution in [1.82, 2.24) is 0 Å². The van der Waals surface area contributed by atoms with Gasteiger partial charge in [-0.3, -0.25) is 0 Å². The number of benzene rings is 3. The summed E-state index contributed by atoms with van der Waals surface area (Å²) in [5.74, 6) is 0.643. The highest BCUT2D eigenvalue weighted by Gasteiger charge is 2.31. The van der Waals surface area contributed by atoms with Crippen LogP contribution in [-0.4, -0.2) is 18.8 Å². The molecule has 0 amide bonds. The fraction of sp³-hybridized carbons (Fsp3) is 0.185. The minimum Gasteiger partial charge on any atom is -0.494 e. The van der Waals surface area contributed by atoms with E-state index < -0.39 is 5.97 Å². The van der Waals surface area contributed by atoms with Gasteiger partial charge in [0.2, 0.25) is 5.88 Å². The Hall–Kier alpha value is -3.89. The van der Waals surface area contributed by atoms with Gasteiger partial charge in [0, 0.05) is 16.5 Å². The molecule has 0 spiro atoms. The molecule has 0 aromatic heterocycles. The summed E-state index contributed by atoms with van der Waals surface area (Å²) in [6, 6.07) is 22.1. The number of nitriles is 1. The molecule has 1 unspecified atom stereocenters. The number of ether oxygens (including phenoxy) is 3. The lowest BCUT2D eigenvalue weighted by Gasteiger charge is -2.26. The molecule has 2 N–H and O–H groups in total. The molecule has 4 rings (SSSR count). The molecule has 0 radical (unpaired) electrons. The predicted octanol–water partition coefficient (Wildman–Crippen LogP) is 5.63. The highest BCUT2D eigenvalue weighted by molar-refractivity contribution is 7.98. The Bertz CT molecular complexity index is 1260. The van der Waals surface area contributed by atoms with E-state index >= 15 is 0 Å². The fourth-order valence-corrected chi connectivity index (χ4v) is 4.12. The first-order chi connectivity index (χ1) is 16.5. The number of esters is 1. The van der Waals surface area contributed by atoms with Crippen molar-refractivity contribution in [3.8, 4) is 23.3 Å². The smallest absolute Gasteiger partial charge is 0.343 e. The van der Waals surface area contributed by atoms with Gasteiger partial charge in [-0.05, 0) is 60.7 Å². The van der Waals surface area contributed by atoms with Gasteiger partial charge in [0.25, 0.3) is 0 Å². The molecule has 0 bridgehead atoms. The van der Waals surface area contributed by atoms with Crippen LogP contribution in [0.5, 0.6) is 17.2 Å². The van der Waals surface area contributed by atoms with Crippen LogP contribution in [0.2, 0.25) is 0 Å². The van der Waals surface area contributed by atoms with Crippen molar-refractivity contribution < 1.29 is 19.0 Å². The maximum atomic E-state index is 12.6. The van der Waals surface area contributed by atoms with Gasteiger partial charge in [-0.1, -0.05) is 25.1 Å².